The van der Waals surface area contributed by atoms with Gasteiger partial charge in [-0.25, -0.2) is 4.98 Å². The third-order valence-corrected chi connectivity index (χ3v) is 1.03. The highest BCUT2D eigenvalue weighted by atomic mass is 14.8. The van der Waals surface area contributed by atoms with E-state index in [1.165, 1.54) is 0 Å². The van der Waals surface area contributed by atoms with E-state index in [0.29, 0.717) is 0 Å². The van der Waals surface area contributed by atoms with Crippen molar-refractivity contribution in [3.63, 3.8) is 0 Å². The van der Waals surface area contributed by atoms with Crippen LogP contribution in [0.25, 0.3) is 12.7 Å². The van der Waals surface area contributed by atoms with Crippen LogP contribution < -0.4 is 10.7 Å². The molecule has 0 aliphatic rings. The van der Waals surface area contributed by atoms with Crippen LogP contribution in [0.2, 0.25) is 0 Å². The number of hydrogen-bond donors (Lipinski definition) is 1. The third-order valence-electron chi connectivity index (χ3n) is 1.03. The zero-order chi connectivity index (χ0) is 5.98. The molecule has 1 N–H and O–H groups in total. The maximum Gasteiger partial charge on any atom is 0.0931 e. The molecule has 0 aliphatic carbocycles. The molecule has 1 rings (SSSR count). The van der Waals surface area contributed by atoms with Crippen LogP contribution >= 0.6 is 0 Å². The summed E-state index contributed by atoms with van der Waals surface area (Å²) in [6.07, 6.45) is 3.55. The van der Waals surface area contributed by atoms with Gasteiger partial charge in [0.25, 0.3) is 0 Å². The summed E-state index contributed by atoms with van der Waals surface area (Å²) in [6.45, 7) is 5.64. The van der Waals surface area contributed by atoms with E-state index in [-0.39, 0.29) is 0 Å². The van der Waals surface area contributed by atoms with Crippen molar-refractivity contribution in [2.45, 2.75) is 6.92 Å². The molecule has 2 nitrogen and oxygen atoms in total. The highest BCUT2D eigenvalue weighted by Gasteiger charge is 1.76. The maximum atomic E-state index is 3.96. The second kappa shape index (κ2) is 1.82. The average molecular weight is 108 g/mol. The molecule has 0 fully saturated rings. The number of nitrogens with one attached hydrogen (secondary N) is 1. The van der Waals surface area contributed by atoms with Crippen molar-refractivity contribution in [3.05, 3.63) is 17.0 Å². The molecule has 0 spiro atoms. The summed E-state index contributed by atoms with van der Waals surface area (Å²) in [5, 5.41) is 1.82. The number of hydrogen-bond acceptors (Lipinski definition) is 1. The molecule has 1 heterocycles. The third kappa shape index (κ3) is 0.644. The minimum Gasteiger partial charge on any atom is -0.345 e. The number of nitrogens with zero attached hydrogens (tertiary/aromatic N) is 1. The smallest absolute Gasteiger partial charge is 0.0931 e. The Balaban J connectivity index is 3.55. The summed E-state index contributed by atoms with van der Waals surface area (Å²) in [7, 11) is 0. The lowest BCUT2D eigenvalue weighted by atomic mass is 10.5. The highest BCUT2D eigenvalue weighted by Crippen LogP contribution is 1.51. The second-order valence-electron chi connectivity index (χ2n) is 1.56. The molecule has 1 aromatic heterocycles. The molecule has 1 aromatic rings. The summed E-state index contributed by atoms with van der Waals surface area (Å²) in [5.41, 5.74) is 0. The molecule has 0 atom stereocenters. The Labute approximate surface area is 47.6 Å². The Kier molecular flexibility index (Phi) is 1.16. The van der Waals surface area contributed by atoms with Crippen LogP contribution in [0.1, 0.15) is 6.92 Å². The van der Waals surface area contributed by atoms with Gasteiger partial charge >= 0.3 is 0 Å². The topological polar surface area (TPSA) is 28.7 Å². The van der Waals surface area contributed by atoms with Crippen molar-refractivity contribution < 1.29 is 0 Å². The van der Waals surface area contributed by atoms with Crippen LogP contribution in [0.3, 0.4) is 0 Å². The van der Waals surface area contributed by atoms with Crippen molar-refractivity contribution in [2.75, 3.05) is 0 Å². The first-order chi connectivity index (χ1) is 3.84. The number of H-pyrrole nitrogens is 1. The summed E-state index contributed by atoms with van der Waals surface area (Å²) >= 11 is 0. The Hall–Kier alpha value is -1.05. The van der Waals surface area contributed by atoms with Gasteiger partial charge in [-0.3, -0.25) is 0 Å². The largest absolute Gasteiger partial charge is 0.345 e. The molecule has 8 heavy (non-hydrogen) atoms. The Morgan fingerprint density at radius 2 is 2.62 bits per heavy atom. The molecule has 0 aliphatic heterocycles. The molecule has 0 saturated carbocycles. The van der Waals surface area contributed by atoms with Crippen molar-refractivity contribution in [2.24, 2.45) is 0 Å². The summed E-state index contributed by atoms with van der Waals surface area (Å²) in [5.74, 6) is 0. The van der Waals surface area contributed by atoms with Crippen molar-refractivity contribution in [3.8, 4) is 0 Å². The van der Waals surface area contributed by atoms with Gasteiger partial charge in [0.05, 0.1) is 17.0 Å². The van der Waals surface area contributed by atoms with Crippen molar-refractivity contribution in [1.29, 1.82) is 0 Å². The monoisotopic (exact) mass is 108 g/mol. The fourth-order valence-electron chi connectivity index (χ4n) is 0.580. The van der Waals surface area contributed by atoms with Gasteiger partial charge < -0.3 is 4.98 Å². The molecule has 42 valence electrons. The van der Waals surface area contributed by atoms with Crippen LogP contribution in [0.5, 0.6) is 0 Å². The minimum absolute atomic E-state index is 0.882. The van der Waals surface area contributed by atoms with Gasteiger partial charge in [0.1, 0.15) is 0 Å². The lowest BCUT2D eigenvalue weighted by Crippen LogP contribution is -2.21. The van der Waals surface area contributed by atoms with Gasteiger partial charge in [-0.15, -0.1) is 0 Å². The van der Waals surface area contributed by atoms with Gasteiger partial charge in [-0.1, -0.05) is 12.7 Å². The molecule has 0 bridgehead atoms. The summed E-state index contributed by atoms with van der Waals surface area (Å²) in [4.78, 5) is 6.83. The first-order valence-electron chi connectivity index (χ1n) is 2.49. The van der Waals surface area contributed by atoms with E-state index in [1.807, 2.05) is 13.0 Å². The highest BCUT2D eigenvalue weighted by molar-refractivity contribution is 5.14. The molecular weight excluding hydrogens is 100 g/mol. The molecule has 0 aromatic carbocycles. The zero-order valence-electron chi connectivity index (χ0n) is 4.81. The first kappa shape index (κ1) is 5.09. The van der Waals surface area contributed by atoms with E-state index >= 15 is 0 Å². The van der Waals surface area contributed by atoms with Gasteiger partial charge in [0, 0.05) is 0 Å². The number of aromatic amines is 1. The van der Waals surface area contributed by atoms with Gasteiger partial charge in [0.2, 0.25) is 0 Å². The second-order valence-corrected chi connectivity index (χ2v) is 1.56. The normalized spacial score (nSPS) is 12.4. The minimum atomic E-state index is 0.882. The van der Waals surface area contributed by atoms with Crippen LogP contribution in [-0.2, 0) is 0 Å². The van der Waals surface area contributed by atoms with Crippen molar-refractivity contribution in [1.82, 2.24) is 9.97 Å². The summed E-state index contributed by atoms with van der Waals surface area (Å²) in [6, 6.07) is 0. The van der Waals surface area contributed by atoms with Crippen LogP contribution in [0, 0.1) is 0 Å². The molecule has 0 unspecified atom stereocenters. The number of rotatable bonds is 0. The molecule has 0 amide bonds. The van der Waals surface area contributed by atoms with Gasteiger partial charge in [-0.2, -0.15) is 0 Å². The van der Waals surface area contributed by atoms with Crippen molar-refractivity contribution >= 4 is 12.7 Å². The molecule has 2 heteroatoms. The van der Waals surface area contributed by atoms with E-state index in [9.17, 15) is 0 Å². The van der Waals surface area contributed by atoms with E-state index in [0.717, 1.165) is 10.7 Å². The maximum absolute atomic E-state index is 3.96. The molecule has 0 saturated heterocycles. The van der Waals surface area contributed by atoms with E-state index < -0.39 is 0 Å². The van der Waals surface area contributed by atoms with Gasteiger partial charge in [-0.05, 0) is 6.92 Å². The number of aromatic nitrogens is 2. The van der Waals surface area contributed by atoms with Crippen LogP contribution in [-0.4, -0.2) is 9.97 Å². The quantitative estimate of drug-likeness (QED) is 0.482. The van der Waals surface area contributed by atoms with E-state index in [4.69, 9.17) is 0 Å². The average Bonchev–Trinajstić information content (AvgIpc) is 2.14. The lowest BCUT2D eigenvalue weighted by molar-refractivity contribution is 1.29. The summed E-state index contributed by atoms with van der Waals surface area (Å²) < 4.78 is 0. The predicted molar refractivity (Wildman–Crippen MR) is 33.5 cm³/mol. The van der Waals surface area contributed by atoms with Gasteiger partial charge in [0.15, 0.2) is 0 Å². The molecular formula is C6H8N2. The molecule has 0 radical (unpaired) electrons. The number of imidazole rings is 1. The Bertz CT molecular complexity index is 258. The Morgan fingerprint density at radius 1 is 1.88 bits per heavy atom. The zero-order valence-corrected chi connectivity index (χ0v) is 4.81. The fourth-order valence-corrected chi connectivity index (χ4v) is 0.580. The van der Waals surface area contributed by atoms with E-state index in [2.05, 4.69) is 16.5 Å². The lowest BCUT2D eigenvalue weighted by Gasteiger charge is -1.65. The standard InChI is InChI=1S/C6H8N2/c1-3-6-5(2)7-4-8-6/h3-4H,2H2,1H3,(H,7,8)/b6-3+. The van der Waals surface area contributed by atoms with Crippen LogP contribution in [0.15, 0.2) is 6.33 Å². The predicted octanol–water partition coefficient (Wildman–Crippen LogP) is -0.380. The first-order valence-corrected chi connectivity index (χ1v) is 2.49. The van der Waals surface area contributed by atoms with Crippen LogP contribution in [0.4, 0.5) is 0 Å². The van der Waals surface area contributed by atoms with E-state index in [1.54, 1.807) is 6.33 Å². The fraction of sp³-hybridized carbons (Fsp3) is 0.167. The Morgan fingerprint density at radius 3 is 2.88 bits per heavy atom. The SMILES string of the molecule is C=c1[nH]cn/c1=C/C.